The molecule has 170 valence electrons. The lowest BCUT2D eigenvalue weighted by Crippen LogP contribution is -2.37. The van der Waals surface area contributed by atoms with Crippen LogP contribution < -0.4 is 4.74 Å². The van der Waals surface area contributed by atoms with Crippen LogP contribution in [-0.2, 0) is 11.4 Å². The summed E-state index contributed by atoms with van der Waals surface area (Å²) in [5.41, 5.74) is 2.36. The molecule has 0 unspecified atom stereocenters. The third-order valence-electron chi connectivity index (χ3n) is 5.31. The van der Waals surface area contributed by atoms with Gasteiger partial charge < -0.3 is 14.5 Å². The van der Waals surface area contributed by atoms with Gasteiger partial charge in [0.2, 0.25) is 0 Å². The number of rotatable bonds is 7. The monoisotopic (exact) mass is 486 g/mol. The van der Waals surface area contributed by atoms with Crippen molar-refractivity contribution < 1.29 is 18.8 Å². The molecule has 0 saturated heterocycles. The van der Waals surface area contributed by atoms with E-state index in [1.807, 2.05) is 30.3 Å². The molecule has 1 amide bonds. The van der Waals surface area contributed by atoms with Gasteiger partial charge in [-0.15, -0.1) is 0 Å². The summed E-state index contributed by atoms with van der Waals surface area (Å²) in [6.07, 6.45) is 0.0766. The van der Waals surface area contributed by atoms with Crippen LogP contribution in [0, 0.1) is 5.82 Å². The second-order valence-corrected chi connectivity index (χ2v) is 8.43. The summed E-state index contributed by atoms with van der Waals surface area (Å²) in [5, 5.41) is 5.06. The van der Waals surface area contributed by atoms with Crippen LogP contribution in [0.1, 0.15) is 27.9 Å². The van der Waals surface area contributed by atoms with Crippen LogP contribution in [-0.4, -0.2) is 36.3 Å². The van der Waals surface area contributed by atoms with Crippen LogP contribution in [0.5, 0.6) is 5.75 Å². The SMILES string of the molecule is COc1cccc(CN(C[C@H]2CC(c3ccc(Cl)c(Cl)c3)=NO2)C(=O)c2ccccc2F)c1. The van der Waals surface area contributed by atoms with Crippen LogP contribution in [0.2, 0.25) is 10.0 Å². The molecule has 1 aliphatic rings. The Labute approximate surface area is 201 Å². The summed E-state index contributed by atoms with van der Waals surface area (Å²) >= 11 is 12.1. The van der Waals surface area contributed by atoms with Crippen LogP contribution in [0.25, 0.3) is 0 Å². The lowest BCUT2D eigenvalue weighted by Gasteiger charge is -2.25. The predicted octanol–water partition coefficient (Wildman–Crippen LogP) is 5.98. The quantitative estimate of drug-likeness (QED) is 0.412. The first-order valence-corrected chi connectivity index (χ1v) is 11.0. The summed E-state index contributed by atoms with van der Waals surface area (Å²) in [7, 11) is 1.58. The zero-order valence-corrected chi connectivity index (χ0v) is 19.3. The highest BCUT2D eigenvalue weighted by molar-refractivity contribution is 6.42. The Hall–Kier alpha value is -3.09. The lowest BCUT2D eigenvalue weighted by atomic mass is 10.0. The van der Waals surface area contributed by atoms with Gasteiger partial charge in [0, 0.05) is 18.5 Å². The van der Waals surface area contributed by atoms with E-state index in [-0.39, 0.29) is 18.7 Å². The van der Waals surface area contributed by atoms with Crippen LogP contribution in [0.4, 0.5) is 4.39 Å². The molecule has 1 aliphatic heterocycles. The second kappa shape index (κ2) is 10.2. The van der Waals surface area contributed by atoms with Gasteiger partial charge in [-0.05, 0) is 42.0 Å². The fourth-order valence-corrected chi connectivity index (χ4v) is 3.93. The van der Waals surface area contributed by atoms with E-state index < -0.39 is 17.8 Å². The first kappa shape index (κ1) is 23.1. The third-order valence-corrected chi connectivity index (χ3v) is 6.05. The molecule has 3 aromatic carbocycles. The summed E-state index contributed by atoms with van der Waals surface area (Å²) in [6, 6.07) is 18.6. The van der Waals surface area contributed by atoms with Gasteiger partial charge in [-0.2, -0.15) is 0 Å². The van der Waals surface area contributed by atoms with Gasteiger partial charge in [-0.1, -0.05) is 58.7 Å². The maximum absolute atomic E-state index is 14.4. The molecule has 1 atom stereocenters. The van der Waals surface area contributed by atoms with E-state index in [4.69, 9.17) is 32.8 Å². The molecule has 0 radical (unpaired) electrons. The largest absolute Gasteiger partial charge is 0.497 e. The molecule has 4 rings (SSSR count). The number of nitrogens with zero attached hydrogens (tertiary/aromatic N) is 2. The number of hydrogen-bond donors (Lipinski definition) is 0. The highest BCUT2D eigenvalue weighted by atomic mass is 35.5. The van der Waals surface area contributed by atoms with Crippen molar-refractivity contribution in [3.63, 3.8) is 0 Å². The van der Waals surface area contributed by atoms with Crippen LogP contribution in [0.3, 0.4) is 0 Å². The highest BCUT2D eigenvalue weighted by Crippen LogP contribution is 2.26. The third kappa shape index (κ3) is 5.46. The number of ether oxygens (including phenoxy) is 1. The summed E-state index contributed by atoms with van der Waals surface area (Å²) in [4.78, 5) is 20.5. The van der Waals surface area contributed by atoms with Gasteiger partial charge in [0.25, 0.3) is 5.91 Å². The van der Waals surface area contributed by atoms with Gasteiger partial charge in [-0.3, -0.25) is 4.79 Å². The van der Waals surface area contributed by atoms with Gasteiger partial charge in [0.15, 0.2) is 6.10 Å². The van der Waals surface area contributed by atoms with E-state index in [0.717, 1.165) is 11.1 Å². The number of carbonyl (C=O) groups is 1. The molecule has 3 aromatic rings. The number of hydrogen-bond acceptors (Lipinski definition) is 4. The molecule has 0 aliphatic carbocycles. The lowest BCUT2D eigenvalue weighted by molar-refractivity contribution is 0.0402. The summed E-state index contributed by atoms with van der Waals surface area (Å²) in [6.45, 7) is 0.477. The Morgan fingerprint density at radius 2 is 1.94 bits per heavy atom. The van der Waals surface area contributed by atoms with Gasteiger partial charge in [0.05, 0.1) is 35.0 Å². The molecule has 8 heteroatoms. The minimum Gasteiger partial charge on any atom is -0.497 e. The number of amides is 1. The molecular formula is C25H21Cl2FN2O3. The molecule has 1 heterocycles. The summed E-state index contributed by atoms with van der Waals surface area (Å²) < 4.78 is 19.7. The number of carbonyl (C=O) groups excluding carboxylic acids is 1. The van der Waals surface area contributed by atoms with E-state index >= 15 is 0 Å². The zero-order valence-electron chi connectivity index (χ0n) is 17.8. The van der Waals surface area contributed by atoms with Crippen molar-refractivity contribution in [1.82, 2.24) is 4.90 Å². The molecule has 5 nitrogen and oxygen atoms in total. The Kier molecular flexibility index (Phi) is 7.16. The molecule has 0 saturated carbocycles. The Morgan fingerprint density at radius 1 is 1.12 bits per heavy atom. The number of oxime groups is 1. The minimum absolute atomic E-state index is 0.00372. The maximum atomic E-state index is 14.4. The van der Waals surface area contributed by atoms with Gasteiger partial charge >= 0.3 is 0 Å². The molecule has 33 heavy (non-hydrogen) atoms. The van der Waals surface area contributed by atoms with E-state index in [0.29, 0.717) is 27.9 Å². The maximum Gasteiger partial charge on any atom is 0.257 e. The Morgan fingerprint density at radius 3 is 2.70 bits per heavy atom. The normalized spacial score (nSPS) is 15.0. The second-order valence-electron chi connectivity index (χ2n) is 7.62. The Bertz CT molecular complexity index is 1200. The van der Waals surface area contributed by atoms with Crippen molar-refractivity contribution in [1.29, 1.82) is 0 Å². The number of benzene rings is 3. The fraction of sp³-hybridized carbons (Fsp3) is 0.200. The molecule has 0 spiro atoms. The summed E-state index contributed by atoms with van der Waals surface area (Å²) in [5.74, 6) is -0.325. The average Bonchev–Trinajstić information content (AvgIpc) is 3.29. The topological polar surface area (TPSA) is 51.1 Å². The standard InChI is InChI=1S/C25H21Cl2FN2O3/c1-32-18-6-4-5-16(11-18)14-30(25(31)20-7-2-3-8-23(20)28)15-19-13-24(29-33-19)17-9-10-21(26)22(27)12-17/h2-12,19H,13-15H2,1H3/t19-/m1/s1. The smallest absolute Gasteiger partial charge is 0.257 e. The van der Waals surface area contributed by atoms with E-state index in [2.05, 4.69) is 5.16 Å². The first-order chi connectivity index (χ1) is 15.9. The molecular weight excluding hydrogens is 466 g/mol. The van der Waals surface area contributed by atoms with Crippen molar-refractivity contribution in [3.05, 3.63) is 99.3 Å². The highest BCUT2D eigenvalue weighted by Gasteiger charge is 2.28. The molecule has 0 N–H and O–H groups in total. The van der Waals surface area contributed by atoms with E-state index in [1.165, 1.54) is 12.1 Å². The van der Waals surface area contributed by atoms with Crippen molar-refractivity contribution >= 4 is 34.8 Å². The van der Waals surface area contributed by atoms with Crippen molar-refractivity contribution in [2.24, 2.45) is 5.16 Å². The average molecular weight is 487 g/mol. The fourth-order valence-electron chi connectivity index (χ4n) is 3.63. The first-order valence-electron chi connectivity index (χ1n) is 10.3. The molecule has 0 fully saturated rings. The van der Waals surface area contributed by atoms with Crippen molar-refractivity contribution in [3.8, 4) is 5.75 Å². The van der Waals surface area contributed by atoms with E-state index in [1.54, 1.807) is 36.3 Å². The molecule has 0 bridgehead atoms. The zero-order chi connectivity index (χ0) is 23.4. The predicted molar refractivity (Wildman–Crippen MR) is 127 cm³/mol. The van der Waals surface area contributed by atoms with Crippen molar-refractivity contribution in [2.45, 2.75) is 19.1 Å². The van der Waals surface area contributed by atoms with E-state index in [9.17, 15) is 9.18 Å². The van der Waals surface area contributed by atoms with Crippen LogP contribution in [0.15, 0.2) is 71.9 Å². The minimum atomic E-state index is -0.571. The number of methoxy groups -OCH3 is 1. The van der Waals surface area contributed by atoms with Gasteiger partial charge in [-0.25, -0.2) is 4.39 Å². The van der Waals surface area contributed by atoms with Crippen LogP contribution >= 0.6 is 23.2 Å². The number of halogens is 3. The molecule has 0 aromatic heterocycles. The van der Waals surface area contributed by atoms with Gasteiger partial charge in [0.1, 0.15) is 11.6 Å². The Balaban J connectivity index is 1.54. The van der Waals surface area contributed by atoms with Crippen molar-refractivity contribution in [2.75, 3.05) is 13.7 Å².